The predicted molar refractivity (Wildman–Crippen MR) is 233 cm³/mol. The van der Waals surface area contributed by atoms with Crippen molar-refractivity contribution < 1.29 is 61.5 Å². The third-order valence-electron chi connectivity index (χ3n) is 9.47. The molecule has 12 nitrogen and oxygen atoms in total. The molecule has 0 aliphatic heterocycles. The van der Waals surface area contributed by atoms with Crippen LogP contribution in [0.3, 0.4) is 0 Å². The minimum Gasteiger partial charge on any atom is -0.492 e. The van der Waals surface area contributed by atoms with Crippen LogP contribution >= 0.6 is 0 Å². The molecule has 0 bridgehead atoms. The van der Waals surface area contributed by atoms with Gasteiger partial charge < -0.3 is 37.9 Å². The Hall–Kier alpha value is -6.83. The van der Waals surface area contributed by atoms with Crippen LogP contribution in [0.15, 0.2) is 140 Å². The Kier molecular flexibility index (Phi) is 19.4. The number of allylic oxidation sites excluding steroid dienone is 3. The average molecular weight is 863 g/mol. The summed E-state index contributed by atoms with van der Waals surface area (Å²) in [7, 11) is 0. The molecule has 1 unspecified atom stereocenters. The van der Waals surface area contributed by atoms with Crippen molar-refractivity contribution >= 4 is 23.9 Å². The largest absolute Gasteiger partial charge is 0.492 e. The zero-order valence-corrected chi connectivity index (χ0v) is 35.0. The van der Waals surface area contributed by atoms with Crippen LogP contribution in [0.2, 0.25) is 0 Å². The number of hydrogen-bond acceptors (Lipinski definition) is 12. The minimum absolute atomic E-state index is 0.145. The first kappa shape index (κ1) is 47.2. The standard InChI is InChI=1S/C50H51FO12/c1-3-47(52)60-33-29-56-27-31-58-41-16-5-36(6-17-41)9-25-49(54)62-43-20-11-38(12-21-43)40-15-24-45(46(51)35-40)39-13-22-44(23-14-39)63-50(55)26-10-37-7-18-42(19-8-37)59-32-28-57-30-34-61-48(53)4-2/h3-5,7-8,11-24,35-36H,1-2,6,9-10,25-34H2. The van der Waals surface area contributed by atoms with Gasteiger partial charge >= 0.3 is 23.9 Å². The summed E-state index contributed by atoms with van der Waals surface area (Å²) in [5, 5.41) is 0. The van der Waals surface area contributed by atoms with Gasteiger partial charge in [0.1, 0.15) is 55.3 Å². The Bertz CT molecular complexity index is 2190. The number of aryl methyl sites for hydroxylation is 1. The molecule has 0 saturated carbocycles. The first-order chi connectivity index (χ1) is 30.7. The van der Waals surface area contributed by atoms with Crippen LogP contribution in [0.25, 0.3) is 22.3 Å². The summed E-state index contributed by atoms with van der Waals surface area (Å²) in [6.07, 6.45) is 10.3. The maximum absolute atomic E-state index is 15.4. The van der Waals surface area contributed by atoms with Crippen molar-refractivity contribution in [1.82, 2.24) is 0 Å². The third-order valence-corrected chi connectivity index (χ3v) is 9.47. The summed E-state index contributed by atoms with van der Waals surface area (Å²) in [4.78, 5) is 47.2. The first-order valence-electron chi connectivity index (χ1n) is 20.6. The average Bonchev–Trinajstić information content (AvgIpc) is 3.30. The monoisotopic (exact) mass is 862 g/mol. The second kappa shape index (κ2) is 25.8. The van der Waals surface area contributed by atoms with Gasteiger partial charge in [-0.3, -0.25) is 9.59 Å². The number of carbonyl (C=O) groups is 4. The lowest BCUT2D eigenvalue weighted by molar-refractivity contribution is -0.140. The van der Waals surface area contributed by atoms with Crippen LogP contribution in [0.1, 0.15) is 31.2 Å². The zero-order valence-electron chi connectivity index (χ0n) is 35.0. The number of carbonyl (C=O) groups excluding carboxylic acids is 4. The highest BCUT2D eigenvalue weighted by molar-refractivity contribution is 5.81. The molecule has 0 saturated heterocycles. The quantitative estimate of drug-likeness (QED) is 0.0258. The van der Waals surface area contributed by atoms with Gasteiger partial charge in [-0.15, -0.1) is 0 Å². The maximum atomic E-state index is 15.4. The molecule has 1 aliphatic carbocycles. The summed E-state index contributed by atoms with van der Waals surface area (Å²) < 4.78 is 58.2. The molecule has 4 aromatic rings. The Balaban J connectivity index is 0.972. The van der Waals surface area contributed by atoms with E-state index in [1.807, 2.05) is 48.6 Å². The van der Waals surface area contributed by atoms with Crippen LogP contribution in [0.4, 0.5) is 4.39 Å². The fourth-order valence-corrected chi connectivity index (χ4v) is 6.14. The summed E-state index contributed by atoms with van der Waals surface area (Å²) in [6, 6.07) is 26.0. The zero-order chi connectivity index (χ0) is 44.7. The van der Waals surface area contributed by atoms with E-state index >= 15 is 4.39 Å². The fraction of sp³-hybridized carbons (Fsp3) is 0.280. The lowest BCUT2D eigenvalue weighted by atomic mass is 9.95. The summed E-state index contributed by atoms with van der Waals surface area (Å²) in [6.45, 7) is 8.87. The second-order valence-corrected chi connectivity index (χ2v) is 14.0. The van der Waals surface area contributed by atoms with E-state index in [2.05, 4.69) is 13.2 Å². The van der Waals surface area contributed by atoms with Gasteiger partial charge in [0.25, 0.3) is 0 Å². The molecule has 0 radical (unpaired) electrons. The number of rotatable bonds is 26. The Morgan fingerprint density at radius 1 is 0.603 bits per heavy atom. The molecule has 0 N–H and O–H groups in total. The lowest BCUT2D eigenvalue weighted by Gasteiger charge is -2.16. The van der Waals surface area contributed by atoms with Gasteiger partial charge in [0, 0.05) is 30.6 Å². The van der Waals surface area contributed by atoms with Gasteiger partial charge in [0.05, 0.1) is 26.4 Å². The van der Waals surface area contributed by atoms with Crippen molar-refractivity contribution in [1.29, 1.82) is 0 Å². The SMILES string of the molecule is C=CC(=O)OCCOCCOC1=CCC(CCC(=O)Oc2ccc(-c3ccc(-c4ccc(OC(=O)CCc5ccc(OCCOCCOC(=O)C=C)cc5)cc4)c(F)c3)cc2)C=C1. The molecule has 0 amide bonds. The van der Waals surface area contributed by atoms with Crippen molar-refractivity contribution in [2.45, 2.75) is 32.1 Å². The fourth-order valence-electron chi connectivity index (χ4n) is 6.14. The normalized spacial score (nSPS) is 13.0. The molecule has 0 fully saturated rings. The van der Waals surface area contributed by atoms with E-state index in [1.165, 1.54) is 6.07 Å². The van der Waals surface area contributed by atoms with Crippen LogP contribution in [-0.2, 0) is 49.3 Å². The van der Waals surface area contributed by atoms with Crippen molar-refractivity contribution in [3.8, 4) is 39.5 Å². The molecule has 1 atom stereocenters. The molecule has 63 heavy (non-hydrogen) atoms. The first-order valence-corrected chi connectivity index (χ1v) is 20.6. The Morgan fingerprint density at radius 3 is 1.71 bits per heavy atom. The van der Waals surface area contributed by atoms with Gasteiger partial charge in [-0.25, -0.2) is 14.0 Å². The van der Waals surface area contributed by atoms with Crippen molar-refractivity contribution in [3.05, 3.63) is 152 Å². The van der Waals surface area contributed by atoms with Crippen molar-refractivity contribution in [2.24, 2.45) is 5.92 Å². The van der Waals surface area contributed by atoms with Crippen LogP contribution in [0, 0.1) is 11.7 Å². The van der Waals surface area contributed by atoms with Crippen LogP contribution in [-0.4, -0.2) is 76.7 Å². The van der Waals surface area contributed by atoms with Crippen molar-refractivity contribution in [2.75, 3.05) is 52.9 Å². The third kappa shape index (κ3) is 16.9. The smallest absolute Gasteiger partial charge is 0.330 e. The van der Waals surface area contributed by atoms with Gasteiger partial charge in [-0.2, -0.15) is 0 Å². The topological polar surface area (TPSA) is 142 Å². The Labute approximate surface area is 366 Å². The molecule has 1 aliphatic rings. The van der Waals surface area contributed by atoms with E-state index < -0.39 is 23.7 Å². The van der Waals surface area contributed by atoms with Crippen molar-refractivity contribution in [3.63, 3.8) is 0 Å². The van der Waals surface area contributed by atoms with Crippen LogP contribution < -0.4 is 14.2 Å². The molecule has 0 aromatic heterocycles. The van der Waals surface area contributed by atoms with Gasteiger partial charge in [0.2, 0.25) is 0 Å². The molecule has 0 heterocycles. The second-order valence-electron chi connectivity index (χ2n) is 14.0. The molecule has 330 valence electrons. The van der Waals surface area contributed by atoms with E-state index in [0.717, 1.165) is 35.5 Å². The van der Waals surface area contributed by atoms with E-state index in [4.69, 9.17) is 37.9 Å². The van der Waals surface area contributed by atoms with E-state index in [0.29, 0.717) is 73.2 Å². The number of ether oxygens (including phenoxy) is 8. The molecular weight excluding hydrogens is 812 g/mol. The lowest BCUT2D eigenvalue weighted by Crippen LogP contribution is -2.12. The predicted octanol–water partition coefficient (Wildman–Crippen LogP) is 8.73. The molecule has 0 spiro atoms. The van der Waals surface area contributed by atoms with Gasteiger partial charge in [-0.05, 0) is 102 Å². The highest BCUT2D eigenvalue weighted by Gasteiger charge is 2.15. The Morgan fingerprint density at radius 2 is 1.14 bits per heavy atom. The highest BCUT2D eigenvalue weighted by atomic mass is 19.1. The highest BCUT2D eigenvalue weighted by Crippen LogP contribution is 2.31. The van der Waals surface area contributed by atoms with Gasteiger partial charge in [0.15, 0.2) is 0 Å². The molecule has 4 aromatic carbocycles. The number of benzene rings is 4. The maximum Gasteiger partial charge on any atom is 0.330 e. The molecular formula is C50H51FO12. The van der Waals surface area contributed by atoms with E-state index in [9.17, 15) is 19.2 Å². The summed E-state index contributed by atoms with van der Waals surface area (Å²) >= 11 is 0. The van der Waals surface area contributed by atoms with Crippen LogP contribution in [0.5, 0.6) is 17.2 Å². The van der Waals surface area contributed by atoms with E-state index in [1.54, 1.807) is 54.6 Å². The number of halogens is 1. The van der Waals surface area contributed by atoms with Gasteiger partial charge in [-0.1, -0.05) is 67.8 Å². The summed E-state index contributed by atoms with van der Waals surface area (Å²) in [5.74, 6) is 0.211. The molecule has 5 rings (SSSR count). The minimum atomic E-state index is -0.494. The number of esters is 4. The number of hydrogen-bond donors (Lipinski definition) is 0. The molecule has 13 heteroatoms. The van der Waals surface area contributed by atoms with E-state index in [-0.39, 0.29) is 51.2 Å². The summed E-state index contributed by atoms with van der Waals surface area (Å²) in [5.41, 5.74) is 3.38.